The summed E-state index contributed by atoms with van der Waals surface area (Å²) in [6.45, 7) is 6.81. The van der Waals surface area contributed by atoms with E-state index in [9.17, 15) is 0 Å². The average Bonchev–Trinajstić information content (AvgIpc) is 3.27. The number of nitrogens with one attached hydrogen (secondary N) is 2. The molecule has 0 radical (unpaired) electrons. The van der Waals surface area contributed by atoms with Crippen molar-refractivity contribution in [1.82, 2.24) is 25.1 Å². The van der Waals surface area contributed by atoms with Crippen LogP contribution in [0.3, 0.4) is 0 Å². The van der Waals surface area contributed by atoms with Crippen LogP contribution in [-0.4, -0.2) is 51.3 Å². The number of aromatic nitrogens is 4. The molecule has 8 nitrogen and oxygen atoms in total. The van der Waals surface area contributed by atoms with Gasteiger partial charge in [0.25, 0.3) is 0 Å². The summed E-state index contributed by atoms with van der Waals surface area (Å²) in [5, 5.41) is 19.3. The number of nitrogens with zero attached hydrogens (tertiary/aromatic N) is 5. The fraction of sp³-hybridized carbons (Fsp3) is 0.391. The maximum Gasteiger partial charge on any atom is 0.158 e. The van der Waals surface area contributed by atoms with Gasteiger partial charge < -0.3 is 15.0 Å². The minimum absolute atomic E-state index is 0. The summed E-state index contributed by atoms with van der Waals surface area (Å²) < 4.78 is 5.71. The minimum Gasteiger partial charge on any atom is -0.496 e. The van der Waals surface area contributed by atoms with Gasteiger partial charge >= 0.3 is 0 Å². The van der Waals surface area contributed by atoms with E-state index in [2.05, 4.69) is 62.4 Å². The Balaban J connectivity index is 0.00000289. The Hall–Kier alpha value is -3.15. The van der Waals surface area contributed by atoms with E-state index in [1.54, 1.807) is 7.11 Å². The van der Waals surface area contributed by atoms with E-state index in [1.165, 1.54) is 30.8 Å². The zero-order valence-corrected chi connectivity index (χ0v) is 19.3. The molecule has 0 bridgehead atoms. The zero-order chi connectivity index (χ0) is 21.8. The summed E-state index contributed by atoms with van der Waals surface area (Å²) in [7, 11) is 1.70. The van der Waals surface area contributed by atoms with E-state index in [1.807, 2.05) is 12.1 Å². The first-order valence-corrected chi connectivity index (χ1v) is 10.5. The van der Waals surface area contributed by atoms with Crippen molar-refractivity contribution in [2.75, 3.05) is 25.5 Å². The van der Waals surface area contributed by atoms with Crippen molar-refractivity contribution in [2.24, 2.45) is 0 Å². The molecular formula is C23H28ClN7O. The quantitative estimate of drug-likeness (QED) is 0.566. The molecule has 0 amide bonds. The molecule has 1 saturated heterocycles. The molecule has 0 unspecified atom stereocenters. The number of rotatable bonds is 6. The number of halogens is 1. The average molecular weight is 454 g/mol. The van der Waals surface area contributed by atoms with Crippen LogP contribution in [-0.2, 0) is 0 Å². The number of benzene rings is 1. The minimum atomic E-state index is 0. The van der Waals surface area contributed by atoms with Crippen LogP contribution in [0.5, 0.6) is 5.75 Å². The molecule has 0 saturated carbocycles. The lowest BCUT2D eigenvalue weighted by Crippen LogP contribution is -2.37. The number of anilines is 2. The number of methoxy groups -OCH3 is 1. The van der Waals surface area contributed by atoms with Crippen molar-refractivity contribution in [3.63, 3.8) is 0 Å². The highest BCUT2D eigenvalue weighted by Crippen LogP contribution is 2.36. The molecule has 0 aliphatic carbocycles. The number of ether oxygens (including phenoxy) is 1. The Labute approximate surface area is 194 Å². The smallest absolute Gasteiger partial charge is 0.158 e. The number of piperidine rings is 1. The molecule has 0 atom stereocenters. The first kappa shape index (κ1) is 23.5. The predicted octanol–water partition coefficient (Wildman–Crippen LogP) is 4.50. The SMILES string of the molecule is COc1cc(C2CCN(C(C)C)CC2)ccc1-c1cc(Nc2cnc(C#N)cn2)n[nH]1.Cl. The third-order valence-corrected chi connectivity index (χ3v) is 5.85. The van der Waals surface area contributed by atoms with Crippen LogP contribution in [0.1, 0.15) is 43.9 Å². The largest absolute Gasteiger partial charge is 0.496 e. The number of hydrogen-bond acceptors (Lipinski definition) is 7. The third kappa shape index (κ3) is 5.18. The van der Waals surface area contributed by atoms with E-state index < -0.39 is 0 Å². The third-order valence-electron chi connectivity index (χ3n) is 5.85. The number of likely N-dealkylation sites (tertiary alicyclic amines) is 1. The van der Waals surface area contributed by atoms with Crippen LogP contribution < -0.4 is 10.1 Å². The van der Waals surface area contributed by atoms with Crippen molar-refractivity contribution in [3.05, 3.63) is 47.9 Å². The van der Waals surface area contributed by atoms with Crippen LogP contribution in [0.15, 0.2) is 36.7 Å². The Morgan fingerprint density at radius 3 is 2.56 bits per heavy atom. The molecule has 3 heterocycles. The van der Waals surface area contributed by atoms with Gasteiger partial charge in [-0.25, -0.2) is 9.97 Å². The van der Waals surface area contributed by atoms with Gasteiger partial charge in [-0.3, -0.25) is 5.10 Å². The first-order valence-electron chi connectivity index (χ1n) is 10.5. The first-order chi connectivity index (χ1) is 15.1. The van der Waals surface area contributed by atoms with Gasteiger partial charge in [0.15, 0.2) is 11.5 Å². The lowest BCUT2D eigenvalue weighted by Gasteiger charge is -2.35. The van der Waals surface area contributed by atoms with Gasteiger partial charge in [-0.1, -0.05) is 6.07 Å². The van der Waals surface area contributed by atoms with Crippen molar-refractivity contribution in [2.45, 2.75) is 38.6 Å². The normalized spacial score (nSPS) is 14.6. The van der Waals surface area contributed by atoms with Gasteiger partial charge in [0, 0.05) is 17.7 Å². The highest BCUT2D eigenvalue weighted by Gasteiger charge is 2.23. The molecule has 2 aromatic heterocycles. The lowest BCUT2D eigenvalue weighted by atomic mass is 9.88. The molecule has 1 aliphatic rings. The van der Waals surface area contributed by atoms with Gasteiger partial charge in [0.2, 0.25) is 0 Å². The van der Waals surface area contributed by atoms with Gasteiger partial charge in [0.05, 0.1) is 25.2 Å². The second kappa shape index (κ2) is 10.4. The maximum atomic E-state index is 8.83. The maximum absolute atomic E-state index is 8.83. The van der Waals surface area contributed by atoms with Crippen molar-refractivity contribution >= 4 is 24.0 Å². The van der Waals surface area contributed by atoms with E-state index in [0.29, 0.717) is 23.6 Å². The number of aromatic amines is 1. The Bertz CT molecular complexity index is 1070. The topological polar surface area (TPSA) is 103 Å². The number of nitriles is 1. The zero-order valence-electron chi connectivity index (χ0n) is 18.5. The van der Waals surface area contributed by atoms with Crippen molar-refractivity contribution in [1.29, 1.82) is 5.26 Å². The fourth-order valence-electron chi connectivity index (χ4n) is 4.04. The van der Waals surface area contributed by atoms with Crippen LogP contribution in [0, 0.1) is 11.3 Å². The van der Waals surface area contributed by atoms with E-state index in [4.69, 9.17) is 10.00 Å². The van der Waals surface area contributed by atoms with Crippen LogP contribution in [0.25, 0.3) is 11.3 Å². The van der Waals surface area contributed by atoms with Gasteiger partial charge in [-0.15, -0.1) is 12.4 Å². The molecule has 1 aliphatic heterocycles. The fourth-order valence-corrected chi connectivity index (χ4v) is 4.04. The lowest BCUT2D eigenvalue weighted by molar-refractivity contribution is 0.172. The molecule has 4 rings (SSSR count). The molecule has 0 spiro atoms. The molecular weight excluding hydrogens is 426 g/mol. The second-order valence-corrected chi connectivity index (χ2v) is 8.05. The number of hydrogen-bond donors (Lipinski definition) is 2. The van der Waals surface area contributed by atoms with E-state index in [-0.39, 0.29) is 18.1 Å². The highest BCUT2D eigenvalue weighted by molar-refractivity contribution is 5.85. The van der Waals surface area contributed by atoms with E-state index in [0.717, 1.165) is 30.1 Å². The number of H-pyrrole nitrogens is 1. The molecule has 1 fully saturated rings. The van der Waals surface area contributed by atoms with Gasteiger partial charge in [-0.2, -0.15) is 10.4 Å². The summed E-state index contributed by atoms with van der Waals surface area (Å²) in [6.07, 6.45) is 5.27. The molecule has 1 aromatic carbocycles. The van der Waals surface area contributed by atoms with E-state index >= 15 is 0 Å². The predicted molar refractivity (Wildman–Crippen MR) is 127 cm³/mol. The van der Waals surface area contributed by atoms with Gasteiger partial charge in [-0.05, 0) is 63.4 Å². The second-order valence-electron chi connectivity index (χ2n) is 8.05. The highest BCUT2D eigenvalue weighted by atomic mass is 35.5. The van der Waals surface area contributed by atoms with Gasteiger partial charge in [0.1, 0.15) is 17.6 Å². The van der Waals surface area contributed by atoms with Crippen LogP contribution >= 0.6 is 12.4 Å². The Morgan fingerprint density at radius 1 is 1.16 bits per heavy atom. The van der Waals surface area contributed by atoms with Crippen molar-refractivity contribution < 1.29 is 4.74 Å². The summed E-state index contributed by atoms with van der Waals surface area (Å²) >= 11 is 0. The summed E-state index contributed by atoms with van der Waals surface area (Å²) in [6, 6.07) is 10.9. The van der Waals surface area contributed by atoms with Crippen LogP contribution in [0.2, 0.25) is 0 Å². The standard InChI is InChI=1S/C23H27N7O.ClH/c1-15(2)30-8-6-16(7-9-30)17-4-5-19(21(10-17)31-3)20-11-22(29-28-20)27-23-14-25-18(12-24)13-26-23;/h4-5,10-11,13-16H,6-9H2,1-3H3,(H2,26,27,28,29);1H. The molecule has 2 N–H and O–H groups in total. The monoisotopic (exact) mass is 453 g/mol. The Kier molecular flexibility index (Phi) is 7.67. The summed E-state index contributed by atoms with van der Waals surface area (Å²) in [4.78, 5) is 10.7. The van der Waals surface area contributed by atoms with Crippen LogP contribution in [0.4, 0.5) is 11.6 Å². The molecule has 9 heteroatoms. The summed E-state index contributed by atoms with van der Waals surface area (Å²) in [5.74, 6) is 2.53. The molecule has 168 valence electrons. The summed E-state index contributed by atoms with van der Waals surface area (Å²) in [5.41, 5.74) is 3.40. The molecule has 32 heavy (non-hydrogen) atoms. The Morgan fingerprint density at radius 2 is 1.94 bits per heavy atom. The van der Waals surface area contributed by atoms with Crippen molar-refractivity contribution in [3.8, 4) is 23.1 Å². The molecule has 3 aromatic rings.